The van der Waals surface area contributed by atoms with Gasteiger partial charge in [-0.05, 0) is 70.2 Å². The standard InChI is InChI=1S/C39H51N7O7/c1-39(2)31-23-28(18-19-29(31)38(51)53-39)44-26-42-24-27(35(40)41-3)25-52-22-13-9-7-5-4-6-8-11-20-43-32-16-14-15-30-34(32)37(50)46(36(30)49)45-33(48)17-10-12-21-47/h14-16,18-19,21,23-24,40,42-44H,3-13,17,20,22,25-26H2,1-2H3,(H,45,48)/b27-24-,40-35?. The van der Waals surface area contributed by atoms with E-state index in [2.05, 4.69) is 33.1 Å². The van der Waals surface area contributed by atoms with Gasteiger partial charge in [-0.2, -0.15) is 5.01 Å². The first-order valence-electron chi connectivity index (χ1n) is 18.2. The average Bonchev–Trinajstić information content (AvgIpc) is 3.52. The van der Waals surface area contributed by atoms with E-state index >= 15 is 0 Å². The molecule has 14 heteroatoms. The quantitative estimate of drug-likeness (QED) is 0.0166. The van der Waals surface area contributed by atoms with Crippen molar-refractivity contribution in [3.63, 3.8) is 0 Å². The van der Waals surface area contributed by atoms with Gasteiger partial charge in [-0.1, -0.05) is 44.6 Å². The molecule has 0 spiro atoms. The number of ether oxygens (including phenoxy) is 2. The highest BCUT2D eigenvalue weighted by molar-refractivity contribution is 6.24. The Labute approximate surface area is 310 Å². The molecule has 3 amide bonds. The van der Waals surface area contributed by atoms with Gasteiger partial charge in [0.1, 0.15) is 11.9 Å². The fraction of sp³-hybridized carbons (Fsp3) is 0.462. The molecule has 0 radical (unpaired) electrons. The van der Waals surface area contributed by atoms with Gasteiger partial charge in [0, 0.05) is 54.7 Å². The van der Waals surface area contributed by atoms with Gasteiger partial charge in [0.2, 0.25) is 5.91 Å². The number of hydrogen-bond acceptors (Lipinski definition) is 11. The van der Waals surface area contributed by atoms with Gasteiger partial charge in [-0.15, -0.1) is 0 Å². The van der Waals surface area contributed by atoms with Crippen molar-refractivity contribution in [3.8, 4) is 0 Å². The third-order valence-corrected chi connectivity index (χ3v) is 9.03. The lowest BCUT2D eigenvalue weighted by molar-refractivity contribution is -0.124. The number of cyclic esters (lactones) is 1. The number of aldehydes is 1. The van der Waals surface area contributed by atoms with Crippen LogP contribution >= 0.6 is 0 Å². The van der Waals surface area contributed by atoms with E-state index in [1.807, 2.05) is 26.0 Å². The van der Waals surface area contributed by atoms with Crippen molar-refractivity contribution < 1.29 is 33.4 Å². The fourth-order valence-corrected chi connectivity index (χ4v) is 6.14. The van der Waals surface area contributed by atoms with Crippen molar-refractivity contribution in [2.75, 3.05) is 37.1 Å². The van der Waals surface area contributed by atoms with Crippen LogP contribution in [0.1, 0.15) is 121 Å². The van der Waals surface area contributed by atoms with Gasteiger partial charge >= 0.3 is 5.97 Å². The molecule has 0 aromatic heterocycles. The Balaban J connectivity index is 1.04. The van der Waals surface area contributed by atoms with Crippen LogP contribution < -0.4 is 21.4 Å². The van der Waals surface area contributed by atoms with E-state index in [0.717, 1.165) is 73.9 Å². The van der Waals surface area contributed by atoms with Crippen LogP contribution in [-0.2, 0) is 24.7 Å². The number of nitrogens with one attached hydrogen (secondary N) is 5. The van der Waals surface area contributed by atoms with E-state index in [9.17, 15) is 24.0 Å². The molecule has 4 rings (SSSR count). The minimum atomic E-state index is -0.665. The fourth-order valence-electron chi connectivity index (χ4n) is 6.14. The third-order valence-electron chi connectivity index (χ3n) is 9.03. The smallest absolute Gasteiger partial charge is 0.339 e. The van der Waals surface area contributed by atoms with Crippen LogP contribution in [0.25, 0.3) is 0 Å². The number of imide groups is 1. The molecule has 14 nitrogen and oxygen atoms in total. The molecule has 5 N–H and O–H groups in total. The van der Waals surface area contributed by atoms with E-state index in [4.69, 9.17) is 14.9 Å². The predicted octanol–water partition coefficient (Wildman–Crippen LogP) is 5.86. The summed E-state index contributed by atoms with van der Waals surface area (Å²) in [6.45, 7) is 9.08. The Morgan fingerprint density at radius 1 is 0.962 bits per heavy atom. The molecule has 0 bridgehead atoms. The number of esters is 1. The molecule has 284 valence electrons. The number of amides is 3. The van der Waals surface area contributed by atoms with Crippen molar-refractivity contribution in [3.05, 3.63) is 70.4 Å². The number of unbranched alkanes of at least 4 members (excludes halogenated alkanes) is 8. The first-order valence-corrected chi connectivity index (χ1v) is 18.2. The number of hydrazine groups is 1. The molecular formula is C39H51N7O7. The van der Waals surface area contributed by atoms with Gasteiger partial charge in [0.05, 0.1) is 30.0 Å². The highest BCUT2D eigenvalue weighted by Gasteiger charge is 2.39. The number of nitrogens with zero attached hydrogens (tertiary/aromatic N) is 2. The minimum Gasteiger partial charge on any atom is -0.451 e. The van der Waals surface area contributed by atoms with Crippen LogP contribution in [-0.4, -0.2) is 74.0 Å². The molecule has 0 unspecified atom stereocenters. The molecular weight excluding hydrogens is 678 g/mol. The number of anilines is 2. The second-order valence-electron chi connectivity index (χ2n) is 13.5. The van der Waals surface area contributed by atoms with Crippen LogP contribution in [0.15, 0.2) is 53.2 Å². The molecule has 2 aromatic carbocycles. The third kappa shape index (κ3) is 11.3. The van der Waals surface area contributed by atoms with Gasteiger partial charge in [-0.3, -0.25) is 25.2 Å². The molecule has 2 aliphatic heterocycles. The lowest BCUT2D eigenvalue weighted by Crippen LogP contribution is -2.45. The van der Waals surface area contributed by atoms with Crippen molar-refractivity contribution in [2.45, 2.75) is 90.1 Å². The Hall–Kier alpha value is -5.37. The van der Waals surface area contributed by atoms with Gasteiger partial charge in [0.15, 0.2) is 5.84 Å². The monoisotopic (exact) mass is 729 g/mol. The van der Waals surface area contributed by atoms with E-state index in [-0.39, 0.29) is 42.4 Å². The zero-order valence-corrected chi connectivity index (χ0v) is 30.7. The summed E-state index contributed by atoms with van der Waals surface area (Å²) in [6, 6.07) is 10.6. The maximum atomic E-state index is 13.0. The lowest BCUT2D eigenvalue weighted by atomic mass is 9.95. The molecule has 0 fully saturated rings. The van der Waals surface area contributed by atoms with E-state index in [0.29, 0.717) is 43.1 Å². The predicted molar refractivity (Wildman–Crippen MR) is 203 cm³/mol. The number of hydrogen-bond donors (Lipinski definition) is 5. The van der Waals surface area contributed by atoms with Gasteiger partial charge in [-0.25, -0.2) is 9.79 Å². The summed E-state index contributed by atoms with van der Waals surface area (Å²) in [6.07, 6.45) is 11.4. The molecule has 0 saturated carbocycles. The number of carbonyl (C=O) groups is 5. The van der Waals surface area contributed by atoms with E-state index in [1.165, 1.54) is 0 Å². The van der Waals surface area contributed by atoms with Crippen molar-refractivity contribution >= 4 is 53.9 Å². The SMILES string of the molecule is C=NC(=N)/C(=C\NCNc1ccc2c(c1)C(C)(C)OC2=O)COCCCCCCCCCCNc1cccc2c1C(=O)N(NC(=O)CCCC=O)C2=O. The van der Waals surface area contributed by atoms with Gasteiger partial charge < -0.3 is 30.2 Å². The number of benzene rings is 2. The largest absolute Gasteiger partial charge is 0.451 e. The van der Waals surface area contributed by atoms with E-state index in [1.54, 1.807) is 30.5 Å². The Bertz CT molecular complexity index is 1700. The summed E-state index contributed by atoms with van der Waals surface area (Å²) in [4.78, 5) is 64.1. The number of rotatable bonds is 24. The maximum Gasteiger partial charge on any atom is 0.339 e. The summed E-state index contributed by atoms with van der Waals surface area (Å²) in [5.74, 6) is -1.88. The zero-order chi connectivity index (χ0) is 38.2. The Kier molecular flexibility index (Phi) is 15.3. The highest BCUT2D eigenvalue weighted by Crippen LogP contribution is 2.37. The molecule has 2 heterocycles. The molecule has 0 atom stereocenters. The molecule has 2 aliphatic rings. The topological polar surface area (TPSA) is 191 Å². The van der Waals surface area contributed by atoms with Crippen molar-refractivity contribution in [1.29, 1.82) is 5.41 Å². The first kappa shape index (κ1) is 40.4. The Morgan fingerprint density at radius 2 is 1.70 bits per heavy atom. The van der Waals surface area contributed by atoms with Crippen LogP contribution in [0.3, 0.4) is 0 Å². The number of amidine groups is 1. The average molecular weight is 730 g/mol. The maximum absolute atomic E-state index is 13.0. The first-order chi connectivity index (χ1) is 25.6. The van der Waals surface area contributed by atoms with Crippen molar-refractivity contribution in [1.82, 2.24) is 15.8 Å². The highest BCUT2D eigenvalue weighted by atomic mass is 16.6. The molecule has 0 aliphatic carbocycles. The Morgan fingerprint density at radius 3 is 2.43 bits per heavy atom. The second kappa shape index (κ2) is 20.0. The summed E-state index contributed by atoms with van der Waals surface area (Å²) < 4.78 is 11.3. The van der Waals surface area contributed by atoms with Crippen LogP contribution in [0.2, 0.25) is 0 Å². The number of fused-ring (bicyclic) bond motifs is 2. The summed E-state index contributed by atoms with van der Waals surface area (Å²) in [5, 5.41) is 18.5. The van der Waals surface area contributed by atoms with E-state index < -0.39 is 23.3 Å². The van der Waals surface area contributed by atoms with Crippen LogP contribution in [0, 0.1) is 5.41 Å². The summed E-state index contributed by atoms with van der Waals surface area (Å²) >= 11 is 0. The van der Waals surface area contributed by atoms with Crippen LogP contribution in [0.5, 0.6) is 0 Å². The second-order valence-corrected chi connectivity index (χ2v) is 13.5. The lowest BCUT2D eigenvalue weighted by Gasteiger charge is -2.18. The molecule has 0 saturated heterocycles. The summed E-state index contributed by atoms with van der Waals surface area (Å²) in [7, 11) is 0. The molecule has 2 aromatic rings. The molecule has 53 heavy (non-hydrogen) atoms. The van der Waals surface area contributed by atoms with Gasteiger partial charge in [0.25, 0.3) is 11.8 Å². The number of carbonyl (C=O) groups excluding carboxylic acids is 5. The normalized spacial score (nSPS) is 14.3. The summed E-state index contributed by atoms with van der Waals surface area (Å²) in [5.41, 5.74) is 5.64. The zero-order valence-electron chi connectivity index (χ0n) is 30.7. The van der Waals surface area contributed by atoms with Crippen LogP contribution in [0.4, 0.5) is 11.4 Å². The number of aliphatic imine (C=N–C) groups is 1. The van der Waals surface area contributed by atoms with Crippen molar-refractivity contribution in [2.24, 2.45) is 4.99 Å². The minimum absolute atomic E-state index is 0.0462.